The Morgan fingerprint density at radius 2 is 1.61 bits per heavy atom. The second kappa shape index (κ2) is 7.05. The number of hydrogen-bond acceptors (Lipinski definition) is 1. The van der Waals surface area contributed by atoms with Gasteiger partial charge in [0.2, 0.25) is 0 Å². The van der Waals surface area contributed by atoms with Crippen molar-refractivity contribution in [3.8, 4) is 0 Å². The molecule has 0 amide bonds. The molecule has 0 saturated heterocycles. The van der Waals surface area contributed by atoms with E-state index in [1.165, 1.54) is 48.6 Å². The first-order valence-electron chi connectivity index (χ1n) is 7.13. The summed E-state index contributed by atoms with van der Waals surface area (Å²) >= 11 is 0. The van der Waals surface area contributed by atoms with Crippen LogP contribution in [0.5, 0.6) is 0 Å². The highest BCUT2D eigenvalue weighted by Crippen LogP contribution is 2.22. The van der Waals surface area contributed by atoms with Crippen LogP contribution in [-0.2, 0) is 0 Å². The summed E-state index contributed by atoms with van der Waals surface area (Å²) in [6.07, 6.45) is 6.66. The van der Waals surface area contributed by atoms with Crippen molar-refractivity contribution in [2.24, 2.45) is 0 Å². The number of fused-ring (bicyclic) bond motifs is 1. The van der Waals surface area contributed by atoms with Crippen LogP contribution in [0.4, 0.5) is 5.69 Å². The molecule has 18 heavy (non-hydrogen) atoms. The summed E-state index contributed by atoms with van der Waals surface area (Å²) in [6.45, 7) is 3.34. The highest BCUT2D eigenvalue weighted by Gasteiger charge is 1.98. The van der Waals surface area contributed by atoms with E-state index in [0.29, 0.717) is 0 Å². The SMILES string of the molecule is CCCCCCCNc1cccc2ccccc12. The second-order valence-corrected chi connectivity index (χ2v) is 4.87. The van der Waals surface area contributed by atoms with Gasteiger partial charge in [0.1, 0.15) is 0 Å². The van der Waals surface area contributed by atoms with E-state index in [9.17, 15) is 0 Å². The Morgan fingerprint density at radius 3 is 2.50 bits per heavy atom. The van der Waals surface area contributed by atoms with Crippen LogP contribution in [-0.4, -0.2) is 6.54 Å². The first-order chi connectivity index (χ1) is 8.92. The lowest BCUT2D eigenvalue weighted by atomic mass is 10.1. The topological polar surface area (TPSA) is 12.0 Å². The van der Waals surface area contributed by atoms with Gasteiger partial charge in [-0.1, -0.05) is 69.0 Å². The summed E-state index contributed by atoms with van der Waals surface area (Å²) in [5, 5.41) is 6.21. The lowest BCUT2D eigenvalue weighted by Gasteiger charge is -2.09. The zero-order chi connectivity index (χ0) is 12.6. The molecule has 1 N–H and O–H groups in total. The van der Waals surface area contributed by atoms with Gasteiger partial charge in [-0.15, -0.1) is 0 Å². The maximum Gasteiger partial charge on any atom is 0.0419 e. The van der Waals surface area contributed by atoms with E-state index in [0.717, 1.165) is 6.54 Å². The van der Waals surface area contributed by atoms with Crippen LogP contribution in [0.2, 0.25) is 0 Å². The van der Waals surface area contributed by atoms with Crippen molar-refractivity contribution in [1.29, 1.82) is 0 Å². The molecular formula is C17H23N. The number of hydrogen-bond donors (Lipinski definition) is 1. The van der Waals surface area contributed by atoms with Crippen molar-refractivity contribution in [1.82, 2.24) is 0 Å². The highest BCUT2D eigenvalue weighted by molar-refractivity contribution is 5.93. The summed E-state index contributed by atoms with van der Waals surface area (Å²) in [5.41, 5.74) is 1.27. The predicted octanol–water partition coefficient (Wildman–Crippen LogP) is 5.22. The van der Waals surface area contributed by atoms with Gasteiger partial charge in [-0.2, -0.15) is 0 Å². The first kappa shape index (κ1) is 12.9. The lowest BCUT2D eigenvalue weighted by molar-refractivity contribution is 0.645. The van der Waals surface area contributed by atoms with Crippen molar-refractivity contribution >= 4 is 16.5 Å². The zero-order valence-corrected chi connectivity index (χ0v) is 11.3. The van der Waals surface area contributed by atoms with E-state index in [2.05, 4.69) is 54.7 Å². The monoisotopic (exact) mass is 241 g/mol. The number of benzene rings is 2. The molecule has 0 saturated carbocycles. The van der Waals surface area contributed by atoms with Gasteiger partial charge in [-0.3, -0.25) is 0 Å². The number of nitrogens with one attached hydrogen (secondary N) is 1. The molecule has 1 heteroatoms. The largest absolute Gasteiger partial charge is 0.385 e. The molecule has 0 fully saturated rings. The number of unbranched alkanes of at least 4 members (excludes halogenated alkanes) is 4. The summed E-state index contributed by atoms with van der Waals surface area (Å²) in [6, 6.07) is 15.0. The fourth-order valence-electron chi connectivity index (χ4n) is 2.33. The lowest BCUT2D eigenvalue weighted by Crippen LogP contribution is -2.01. The third-order valence-corrected chi connectivity index (χ3v) is 3.39. The van der Waals surface area contributed by atoms with Gasteiger partial charge in [-0.25, -0.2) is 0 Å². The molecule has 1 nitrogen and oxygen atoms in total. The van der Waals surface area contributed by atoms with Crippen molar-refractivity contribution in [2.75, 3.05) is 11.9 Å². The molecule has 96 valence electrons. The molecule has 0 aliphatic rings. The molecule has 2 rings (SSSR count). The van der Waals surface area contributed by atoms with Crippen LogP contribution >= 0.6 is 0 Å². The number of anilines is 1. The second-order valence-electron chi connectivity index (χ2n) is 4.87. The van der Waals surface area contributed by atoms with E-state index < -0.39 is 0 Å². The summed E-state index contributed by atoms with van der Waals surface area (Å²) < 4.78 is 0. The standard InChI is InChI=1S/C17H23N/c1-2-3-4-5-8-14-18-17-13-9-11-15-10-6-7-12-16(15)17/h6-7,9-13,18H,2-5,8,14H2,1H3. The molecule has 2 aromatic rings. The number of rotatable bonds is 7. The third kappa shape index (κ3) is 3.49. The van der Waals surface area contributed by atoms with Crippen molar-refractivity contribution in [3.05, 3.63) is 42.5 Å². The summed E-state index contributed by atoms with van der Waals surface area (Å²) in [7, 11) is 0. The van der Waals surface area contributed by atoms with Gasteiger partial charge in [0.05, 0.1) is 0 Å². The quantitative estimate of drug-likeness (QED) is 0.655. The van der Waals surface area contributed by atoms with Gasteiger partial charge >= 0.3 is 0 Å². The van der Waals surface area contributed by atoms with Gasteiger partial charge in [0, 0.05) is 17.6 Å². The molecule has 0 atom stereocenters. The van der Waals surface area contributed by atoms with Gasteiger partial charge < -0.3 is 5.32 Å². The third-order valence-electron chi connectivity index (χ3n) is 3.39. The van der Waals surface area contributed by atoms with E-state index in [4.69, 9.17) is 0 Å². The first-order valence-corrected chi connectivity index (χ1v) is 7.13. The van der Waals surface area contributed by atoms with Crippen LogP contribution in [0.1, 0.15) is 39.0 Å². The maximum atomic E-state index is 3.56. The Balaban J connectivity index is 1.88. The average Bonchev–Trinajstić information content (AvgIpc) is 2.43. The Bertz CT molecular complexity index is 470. The molecule has 0 aliphatic carbocycles. The van der Waals surface area contributed by atoms with Crippen LogP contribution in [0.15, 0.2) is 42.5 Å². The van der Waals surface area contributed by atoms with Crippen molar-refractivity contribution in [2.45, 2.75) is 39.0 Å². The maximum absolute atomic E-state index is 3.56. The molecule has 0 unspecified atom stereocenters. The predicted molar refractivity (Wildman–Crippen MR) is 81.2 cm³/mol. The van der Waals surface area contributed by atoms with Crippen molar-refractivity contribution in [3.63, 3.8) is 0 Å². The Morgan fingerprint density at radius 1 is 0.833 bits per heavy atom. The fraction of sp³-hybridized carbons (Fsp3) is 0.412. The van der Waals surface area contributed by atoms with Gasteiger partial charge in [0.15, 0.2) is 0 Å². The molecule has 2 aromatic carbocycles. The molecule has 0 aliphatic heterocycles. The van der Waals surface area contributed by atoms with Crippen LogP contribution in [0.25, 0.3) is 10.8 Å². The minimum atomic E-state index is 1.08. The molecule has 0 spiro atoms. The van der Waals surface area contributed by atoms with Gasteiger partial charge in [0.25, 0.3) is 0 Å². The summed E-state index contributed by atoms with van der Waals surface area (Å²) in [4.78, 5) is 0. The fourth-order valence-corrected chi connectivity index (χ4v) is 2.33. The Hall–Kier alpha value is -1.50. The molecular weight excluding hydrogens is 218 g/mol. The minimum Gasteiger partial charge on any atom is -0.385 e. The average molecular weight is 241 g/mol. The van der Waals surface area contributed by atoms with E-state index in [1.54, 1.807) is 0 Å². The Labute approximate surface area is 110 Å². The van der Waals surface area contributed by atoms with E-state index in [1.807, 2.05) is 0 Å². The molecule has 0 radical (unpaired) electrons. The van der Waals surface area contributed by atoms with E-state index >= 15 is 0 Å². The summed E-state index contributed by atoms with van der Waals surface area (Å²) in [5.74, 6) is 0. The molecule has 0 bridgehead atoms. The van der Waals surface area contributed by atoms with Crippen LogP contribution in [0.3, 0.4) is 0 Å². The minimum absolute atomic E-state index is 1.08. The molecule has 0 heterocycles. The zero-order valence-electron chi connectivity index (χ0n) is 11.3. The molecule has 0 aromatic heterocycles. The van der Waals surface area contributed by atoms with Crippen LogP contribution < -0.4 is 5.32 Å². The smallest absolute Gasteiger partial charge is 0.0419 e. The van der Waals surface area contributed by atoms with Crippen molar-refractivity contribution < 1.29 is 0 Å². The normalized spacial score (nSPS) is 10.7. The van der Waals surface area contributed by atoms with E-state index in [-0.39, 0.29) is 0 Å². The van der Waals surface area contributed by atoms with Gasteiger partial charge in [-0.05, 0) is 17.9 Å². The Kier molecular flexibility index (Phi) is 5.07. The highest BCUT2D eigenvalue weighted by atomic mass is 14.9. The van der Waals surface area contributed by atoms with Crippen LogP contribution in [0, 0.1) is 0 Å².